The number of hydrogen-bond donors (Lipinski definition) is 1. The van der Waals surface area contributed by atoms with Crippen LogP contribution in [0, 0.1) is 0 Å². The van der Waals surface area contributed by atoms with Crippen LogP contribution in [0.4, 0.5) is 5.69 Å². The molecule has 0 saturated heterocycles. The molecule has 9 nitrogen and oxygen atoms in total. The van der Waals surface area contributed by atoms with E-state index in [0.717, 1.165) is 16.3 Å². The second kappa shape index (κ2) is 13.7. The summed E-state index contributed by atoms with van der Waals surface area (Å²) < 4.78 is 39.4. The normalized spacial score (nSPS) is 11.8. The van der Waals surface area contributed by atoms with Gasteiger partial charge in [0.05, 0.1) is 24.8 Å². The van der Waals surface area contributed by atoms with Gasteiger partial charge < -0.3 is 19.7 Å². The third-order valence-corrected chi connectivity index (χ3v) is 7.97. The molecule has 0 spiro atoms. The number of nitrogens with zero attached hydrogens (tertiary/aromatic N) is 2. The van der Waals surface area contributed by atoms with E-state index in [2.05, 4.69) is 5.32 Å². The molecule has 3 aromatic rings. The maximum absolute atomic E-state index is 13.9. The van der Waals surface area contributed by atoms with Crippen molar-refractivity contribution in [3.05, 3.63) is 84.4 Å². The van der Waals surface area contributed by atoms with Gasteiger partial charge in [-0.05, 0) is 43.2 Å². The number of methoxy groups -OCH3 is 2. The molecule has 3 aromatic carbocycles. The number of carbonyl (C=O) groups excluding carboxylic acids is 2. The van der Waals surface area contributed by atoms with Gasteiger partial charge in [-0.3, -0.25) is 13.9 Å². The largest absolute Gasteiger partial charge is 0.493 e. The molecule has 0 radical (unpaired) electrons. The lowest BCUT2D eigenvalue weighted by atomic mass is 10.1. The number of sulfonamides is 1. The summed E-state index contributed by atoms with van der Waals surface area (Å²) in [7, 11) is -1.25. The van der Waals surface area contributed by atoms with Crippen molar-refractivity contribution in [2.75, 3.05) is 31.6 Å². The van der Waals surface area contributed by atoms with E-state index in [1.807, 2.05) is 37.3 Å². The Balaban J connectivity index is 2.05. The molecule has 1 atom stereocenters. The first-order valence-corrected chi connectivity index (χ1v) is 14.1. The van der Waals surface area contributed by atoms with Crippen LogP contribution in [-0.4, -0.2) is 58.5 Å². The first-order valence-electron chi connectivity index (χ1n) is 12.6. The number of benzene rings is 3. The van der Waals surface area contributed by atoms with Crippen molar-refractivity contribution in [3.63, 3.8) is 0 Å². The Bertz CT molecular complexity index is 1350. The second-order valence-corrected chi connectivity index (χ2v) is 10.7. The molecule has 208 valence electrons. The first-order chi connectivity index (χ1) is 18.7. The molecule has 0 unspecified atom stereocenters. The van der Waals surface area contributed by atoms with Crippen LogP contribution in [0.1, 0.15) is 25.8 Å². The van der Waals surface area contributed by atoms with E-state index in [-0.39, 0.29) is 23.0 Å². The maximum Gasteiger partial charge on any atom is 0.264 e. The van der Waals surface area contributed by atoms with Gasteiger partial charge in [-0.2, -0.15) is 0 Å². The van der Waals surface area contributed by atoms with Crippen molar-refractivity contribution in [2.45, 2.75) is 37.8 Å². The Morgan fingerprint density at radius 3 is 2.10 bits per heavy atom. The van der Waals surface area contributed by atoms with Crippen LogP contribution in [0.5, 0.6) is 11.5 Å². The minimum absolute atomic E-state index is 0.0240. The molecular weight excluding hydrogens is 518 g/mol. The summed E-state index contributed by atoms with van der Waals surface area (Å²) >= 11 is 0. The van der Waals surface area contributed by atoms with Crippen LogP contribution in [-0.2, 0) is 26.2 Å². The zero-order valence-electron chi connectivity index (χ0n) is 22.7. The SMILES string of the molecule is CCCNC(=O)[C@H](C)N(Cc1ccccc1)C(=O)CN(c1ccc(OC)c(OC)c1)S(=O)(=O)c1ccccc1. The maximum atomic E-state index is 13.9. The Morgan fingerprint density at radius 2 is 1.51 bits per heavy atom. The lowest BCUT2D eigenvalue weighted by molar-refractivity contribution is -0.139. The van der Waals surface area contributed by atoms with Crippen molar-refractivity contribution < 1.29 is 27.5 Å². The highest BCUT2D eigenvalue weighted by molar-refractivity contribution is 7.92. The summed E-state index contributed by atoms with van der Waals surface area (Å²) in [6.07, 6.45) is 0.744. The van der Waals surface area contributed by atoms with Crippen LogP contribution >= 0.6 is 0 Å². The molecule has 0 heterocycles. The van der Waals surface area contributed by atoms with E-state index >= 15 is 0 Å². The predicted molar refractivity (Wildman–Crippen MR) is 150 cm³/mol. The summed E-state index contributed by atoms with van der Waals surface area (Å²) in [5.74, 6) is -0.127. The molecule has 0 saturated carbocycles. The van der Waals surface area contributed by atoms with Crippen LogP contribution in [0.25, 0.3) is 0 Å². The summed E-state index contributed by atoms with van der Waals surface area (Å²) in [4.78, 5) is 28.2. The third kappa shape index (κ3) is 7.29. The molecule has 0 aliphatic carbocycles. The first kappa shape index (κ1) is 29.5. The number of hydrogen-bond acceptors (Lipinski definition) is 6. The molecular formula is C29H35N3O6S. The van der Waals surface area contributed by atoms with E-state index in [4.69, 9.17) is 9.47 Å². The van der Waals surface area contributed by atoms with E-state index in [0.29, 0.717) is 18.0 Å². The van der Waals surface area contributed by atoms with E-state index in [1.165, 1.54) is 37.3 Å². The highest BCUT2D eigenvalue weighted by atomic mass is 32.2. The number of ether oxygens (including phenoxy) is 2. The molecule has 0 aliphatic rings. The lowest BCUT2D eigenvalue weighted by Crippen LogP contribution is -2.51. The van der Waals surface area contributed by atoms with Gasteiger partial charge >= 0.3 is 0 Å². The van der Waals surface area contributed by atoms with Gasteiger partial charge in [-0.1, -0.05) is 55.5 Å². The van der Waals surface area contributed by atoms with Crippen LogP contribution in [0.3, 0.4) is 0 Å². The Labute approximate surface area is 230 Å². The molecule has 0 aliphatic heterocycles. The number of amides is 2. The van der Waals surface area contributed by atoms with Crippen molar-refractivity contribution >= 4 is 27.5 Å². The fourth-order valence-electron chi connectivity index (χ4n) is 3.99. The van der Waals surface area contributed by atoms with Crippen LogP contribution in [0.15, 0.2) is 83.8 Å². The van der Waals surface area contributed by atoms with E-state index in [1.54, 1.807) is 37.3 Å². The van der Waals surface area contributed by atoms with Gasteiger partial charge in [-0.15, -0.1) is 0 Å². The number of rotatable bonds is 13. The summed E-state index contributed by atoms with van der Waals surface area (Å²) in [5.41, 5.74) is 1.03. The Hall–Kier alpha value is -4.05. The van der Waals surface area contributed by atoms with Gasteiger partial charge in [0.15, 0.2) is 11.5 Å². The fourth-order valence-corrected chi connectivity index (χ4v) is 5.41. The van der Waals surface area contributed by atoms with E-state index in [9.17, 15) is 18.0 Å². The molecule has 1 N–H and O–H groups in total. The molecule has 39 heavy (non-hydrogen) atoms. The number of nitrogens with one attached hydrogen (secondary N) is 1. The number of carbonyl (C=O) groups is 2. The van der Waals surface area contributed by atoms with Gasteiger partial charge in [0.25, 0.3) is 10.0 Å². The molecule has 2 amide bonds. The zero-order valence-corrected chi connectivity index (χ0v) is 23.5. The predicted octanol–water partition coefficient (Wildman–Crippen LogP) is 3.84. The quantitative estimate of drug-likeness (QED) is 0.345. The average Bonchev–Trinajstić information content (AvgIpc) is 2.97. The van der Waals surface area contributed by atoms with Crippen molar-refractivity contribution in [3.8, 4) is 11.5 Å². The molecule has 0 bridgehead atoms. The molecule has 3 rings (SSSR count). The fraction of sp³-hybridized carbons (Fsp3) is 0.310. The standard InChI is InChI=1S/C29H35N3O6S/c1-5-18-30-29(34)22(2)31(20-23-12-8-6-9-13-23)28(33)21-32(39(35,36)25-14-10-7-11-15-25)24-16-17-26(37-3)27(19-24)38-4/h6-17,19,22H,5,18,20-21H2,1-4H3,(H,30,34)/t22-/m0/s1. The van der Waals surface area contributed by atoms with Crippen LogP contribution < -0.4 is 19.1 Å². The zero-order chi connectivity index (χ0) is 28.4. The van der Waals surface area contributed by atoms with E-state index < -0.39 is 28.5 Å². The van der Waals surface area contributed by atoms with Crippen molar-refractivity contribution in [1.82, 2.24) is 10.2 Å². The topological polar surface area (TPSA) is 105 Å². The Kier molecular flexibility index (Phi) is 10.3. The highest BCUT2D eigenvalue weighted by Gasteiger charge is 2.32. The lowest BCUT2D eigenvalue weighted by Gasteiger charge is -2.32. The minimum atomic E-state index is -4.17. The summed E-state index contributed by atoms with van der Waals surface area (Å²) in [6.45, 7) is 3.64. The summed E-state index contributed by atoms with van der Waals surface area (Å²) in [5, 5.41) is 2.83. The van der Waals surface area contributed by atoms with Crippen molar-refractivity contribution in [1.29, 1.82) is 0 Å². The molecule has 0 aromatic heterocycles. The third-order valence-electron chi connectivity index (χ3n) is 6.18. The molecule has 10 heteroatoms. The monoisotopic (exact) mass is 553 g/mol. The smallest absolute Gasteiger partial charge is 0.264 e. The number of anilines is 1. The Morgan fingerprint density at radius 1 is 0.897 bits per heavy atom. The molecule has 0 fully saturated rings. The highest BCUT2D eigenvalue weighted by Crippen LogP contribution is 2.34. The van der Waals surface area contributed by atoms with Gasteiger partial charge in [0.2, 0.25) is 11.8 Å². The van der Waals surface area contributed by atoms with Gasteiger partial charge in [0.1, 0.15) is 12.6 Å². The minimum Gasteiger partial charge on any atom is -0.493 e. The summed E-state index contributed by atoms with van der Waals surface area (Å²) in [6, 6.07) is 20.9. The van der Waals surface area contributed by atoms with Gasteiger partial charge in [0, 0.05) is 19.2 Å². The van der Waals surface area contributed by atoms with Crippen molar-refractivity contribution in [2.24, 2.45) is 0 Å². The van der Waals surface area contributed by atoms with Gasteiger partial charge in [-0.25, -0.2) is 8.42 Å². The second-order valence-electron chi connectivity index (χ2n) is 8.84. The van der Waals surface area contributed by atoms with Crippen LogP contribution in [0.2, 0.25) is 0 Å². The average molecular weight is 554 g/mol.